The lowest BCUT2D eigenvalue weighted by Crippen LogP contribution is -2.73. The fourth-order valence-corrected chi connectivity index (χ4v) is 4.26. The highest BCUT2D eigenvalue weighted by molar-refractivity contribution is 5.78. The molecule has 0 aromatic heterocycles. The standard InChI is InChI=1S/C23H26N2O5/c1-3-12-25-22(27)24-21-18-6-4-5-7-20(18)30-23(25,19(21)13-26)15-29-14-16-8-10-17(28-2)11-9-16/h3-11,19,21,26H,1,12-15H2,2H3,(H,24,27)/t19-,21-,23+/m1/s1. The van der Waals surface area contributed by atoms with Crippen molar-refractivity contribution in [2.75, 3.05) is 26.9 Å². The summed E-state index contributed by atoms with van der Waals surface area (Å²) in [4.78, 5) is 14.5. The first-order chi connectivity index (χ1) is 14.6. The average Bonchev–Trinajstić information content (AvgIpc) is 2.77. The molecule has 0 saturated carbocycles. The Hall–Kier alpha value is -3.03. The second kappa shape index (κ2) is 8.38. The first-order valence-electron chi connectivity index (χ1n) is 9.91. The normalized spacial score (nSPS) is 24.5. The smallest absolute Gasteiger partial charge is 0.321 e. The summed E-state index contributed by atoms with van der Waals surface area (Å²) in [5.41, 5.74) is 0.682. The van der Waals surface area contributed by atoms with E-state index in [0.29, 0.717) is 12.4 Å². The number of fused-ring (bicyclic) bond motifs is 4. The number of hydrogen-bond donors (Lipinski definition) is 2. The van der Waals surface area contributed by atoms with Gasteiger partial charge in [0.05, 0.1) is 32.3 Å². The van der Waals surface area contributed by atoms with Crippen LogP contribution in [0.4, 0.5) is 4.79 Å². The summed E-state index contributed by atoms with van der Waals surface area (Å²) in [5, 5.41) is 13.3. The number of aliphatic hydroxyl groups excluding tert-OH is 1. The molecule has 30 heavy (non-hydrogen) atoms. The van der Waals surface area contributed by atoms with Crippen LogP contribution in [0.25, 0.3) is 0 Å². The molecule has 2 heterocycles. The molecule has 158 valence electrons. The number of methoxy groups -OCH3 is 1. The fourth-order valence-electron chi connectivity index (χ4n) is 4.26. The van der Waals surface area contributed by atoms with Crippen LogP contribution in [0.15, 0.2) is 61.2 Å². The van der Waals surface area contributed by atoms with E-state index in [-0.39, 0.29) is 31.8 Å². The molecule has 1 fully saturated rings. The van der Waals surface area contributed by atoms with E-state index >= 15 is 0 Å². The Labute approximate surface area is 175 Å². The molecule has 2 aliphatic rings. The first kappa shape index (κ1) is 20.3. The molecule has 0 radical (unpaired) electrons. The number of nitrogens with one attached hydrogen (secondary N) is 1. The molecule has 2 bridgehead atoms. The van der Waals surface area contributed by atoms with Crippen molar-refractivity contribution >= 4 is 6.03 Å². The van der Waals surface area contributed by atoms with Crippen molar-refractivity contribution in [2.45, 2.75) is 18.4 Å². The van der Waals surface area contributed by atoms with Crippen LogP contribution in [0.3, 0.4) is 0 Å². The van der Waals surface area contributed by atoms with Crippen molar-refractivity contribution in [1.82, 2.24) is 10.2 Å². The maximum absolute atomic E-state index is 12.9. The summed E-state index contributed by atoms with van der Waals surface area (Å²) in [7, 11) is 1.62. The van der Waals surface area contributed by atoms with Gasteiger partial charge in [-0.1, -0.05) is 36.4 Å². The van der Waals surface area contributed by atoms with Crippen LogP contribution < -0.4 is 14.8 Å². The molecule has 0 aliphatic carbocycles. The highest BCUT2D eigenvalue weighted by Gasteiger charge is 2.59. The van der Waals surface area contributed by atoms with Gasteiger partial charge in [0.25, 0.3) is 0 Å². The lowest BCUT2D eigenvalue weighted by molar-refractivity contribution is -0.186. The predicted molar refractivity (Wildman–Crippen MR) is 111 cm³/mol. The van der Waals surface area contributed by atoms with Gasteiger partial charge in [-0.05, 0) is 23.8 Å². The third-order valence-corrected chi connectivity index (χ3v) is 5.75. The quantitative estimate of drug-likeness (QED) is 0.654. The number of ether oxygens (including phenoxy) is 3. The van der Waals surface area contributed by atoms with E-state index in [2.05, 4.69) is 11.9 Å². The van der Waals surface area contributed by atoms with E-state index in [9.17, 15) is 9.90 Å². The summed E-state index contributed by atoms with van der Waals surface area (Å²) in [6.45, 7) is 4.32. The summed E-state index contributed by atoms with van der Waals surface area (Å²) in [6, 6.07) is 14.5. The van der Waals surface area contributed by atoms with Gasteiger partial charge in [-0.25, -0.2) is 4.79 Å². The van der Waals surface area contributed by atoms with Crippen LogP contribution in [0.5, 0.6) is 11.5 Å². The third kappa shape index (κ3) is 3.40. The number of aliphatic hydroxyl groups is 1. The number of carbonyl (C=O) groups is 1. The Morgan fingerprint density at radius 3 is 2.73 bits per heavy atom. The van der Waals surface area contributed by atoms with Crippen LogP contribution in [0.1, 0.15) is 17.2 Å². The Bertz CT molecular complexity index is 916. The maximum Gasteiger partial charge on any atom is 0.321 e. The van der Waals surface area contributed by atoms with Crippen molar-refractivity contribution < 1.29 is 24.1 Å². The number of benzene rings is 2. The molecular weight excluding hydrogens is 384 g/mol. The molecule has 1 saturated heterocycles. The van der Waals surface area contributed by atoms with Crippen molar-refractivity contribution in [1.29, 1.82) is 0 Å². The van der Waals surface area contributed by atoms with Crippen LogP contribution in [0.2, 0.25) is 0 Å². The van der Waals surface area contributed by atoms with Gasteiger partial charge in [-0.15, -0.1) is 6.58 Å². The topological polar surface area (TPSA) is 80.3 Å². The van der Waals surface area contributed by atoms with Crippen LogP contribution in [-0.2, 0) is 11.3 Å². The van der Waals surface area contributed by atoms with E-state index < -0.39 is 11.6 Å². The molecule has 2 N–H and O–H groups in total. The molecule has 3 atom stereocenters. The van der Waals surface area contributed by atoms with Gasteiger partial charge < -0.3 is 24.6 Å². The van der Waals surface area contributed by atoms with Crippen molar-refractivity contribution in [3.05, 3.63) is 72.3 Å². The average molecular weight is 410 g/mol. The van der Waals surface area contributed by atoms with Crippen LogP contribution in [-0.4, -0.2) is 48.6 Å². The minimum Gasteiger partial charge on any atom is -0.497 e. The van der Waals surface area contributed by atoms with E-state index in [1.165, 1.54) is 0 Å². The second-order valence-corrected chi connectivity index (χ2v) is 7.44. The summed E-state index contributed by atoms with van der Waals surface area (Å²) in [5.74, 6) is 1.05. The van der Waals surface area contributed by atoms with E-state index in [1.54, 1.807) is 18.1 Å². The fraction of sp³-hybridized carbons (Fsp3) is 0.348. The molecular formula is C23H26N2O5. The zero-order valence-electron chi connectivity index (χ0n) is 16.9. The Balaban J connectivity index is 1.64. The molecule has 2 aromatic carbocycles. The van der Waals surface area contributed by atoms with Gasteiger partial charge in [0.15, 0.2) is 0 Å². The van der Waals surface area contributed by atoms with Crippen LogP contribution >= 0.6 is 0 Å². The molecule has 0 spiro atoms. The minimum absolute atomic E-state index is 0.107. The number of rotatable bonds is 8. The Kier molecular flexibility index (Phi) is 5.65. The van der Waals surface area contributed by atoms with Gasteiger partial charge >= 0.3 is 6.03 Å². The zero-order valence-corrected chi connectivity index (χ0v) is 16.9. The van der Waals surface area contributed by atoms with E-state index in [0.717, 1.165) is 16.9 Å². The number of carbonyl (C=O) groups excluding carboxylic acids is 1. The van der Waals surface area contributed by atoms with Crippen molar-refractivity contribution in [3.8, 4) is 11.5 Å². The lowest BCUT2D eigenvalue weighted by atomic mass is 9.79. The van der Waals surface area contributed by atoms with Crippen molar-refractivity contribution in [3.63, 3.8) is 0 Å². The lowest BCUT2D eigenvalue weighted by Gasteiger charge is -2.56. The zero-order chi connectivity index (χ0) is 21.1. The molecule has 2 amide bonds. The highest BCUT2D eigenvalue weighted by Crippen LogP contribution is 2.48. The number of urea groups is 1. The largest absolute Gasteiger partial charge is 0.497 e. The summed E-state index contributed by atoms with van der Waals surface area (Å²) >= 11 is 0. The number of nitrogens with zero attached hydrogens (tertiary/aromatic N) is 1. The predicted octanol–water partition coefficient (Wildman–Crippen LogP) is 2.86. The maximum atomic E-state index is 12.9. The van der Waals surface area contributed by atoms with E-state index in [4.69, 9.17) is 14.2 Å². The second-order valence-electron chi connectivity index (χ2n) is 7.44. The number of para-hydroxylation sites is 1. The van der Waals surface area contributed by atoms with Gasteiger partial charge in [0.1, 0.15) is 18.1 Å². The number of hydrogen-bond acceptors (Lipinski definition) is 5. The summed E-state index contributed by atoms with van der Waals surface area (Å²) < 4.78 is 17.7. The molecule has 2 aliphatic heterocycles. The minimum atomic E-state index is -1.14. The van der Waals surface area contributed by atoms with Gasteiger partial charge in [0.2, 0.25) is 5.72 Å². The molecule has 2 aromatic rings. The molecule has 0 unspecified atom stereocenters. The van der Waals surface area contributed by atoms with E-state index in [1.807, 2.05) is 48.5 Å². The van der Waals surface area contributed by atoms with Gasteiger partial charge in [-0.2, -0.15) is 0 Å². The first-order valence-corrected chi connectivity index (χ1v) is 9.91. The van der Waals surface area contributed by atoms with Crippen LogP contribution in [0, 0.1) is 5.92 Å². The highest BCUT2D eigenvalue weighted by atomic mass is 16.6. The Morgan fingerprint density at radius 2 is 2.03 bits per heavy atom. The molecule has 4 rings (SSSR count). The Morgan fingerprint density at radius 1 is 1.27 bits per heavy atom. The third-order valence-electron chi connectivity index (χ3n) is 5.75. The number of amides is 2. The molecule has 7 nitrogen and oxygen atoms in total. The van der Waals surface area contributed by atoms with Crippen molar-refractivity contribution in [2.24, 2.45) is 5.92 Å². The summed E-state index contributed by atoms with van der Waals surface area (Å²) in [6.07, 6.45) is 1.64. The van der Waals surface area contributed by atoms with Gasteiger partial charge in [-0.3, -0.25) is 4.90 Å². The monoisotopic (exact) mass is 410 g/mol. The SMILES string of the molecule is C=CCN1C(=O)N[C@@H]2c3ccccc3O[C@@]1(COCc1ccc(OC)cc1)[C@@H]2CO. The molecule has 7 heteroatoms. The van der Waals surface area contributed by atoms with Gasteiger partial charge in [0, 0.05) is 12.1 Å².